The summed E-state index contributed by atoms with van der Waals surface area (Å²) in [5.41, 5.74) is 0.955. The molecule has 0 aliphatic carbocycles. The highest BCUT2D eigenvalue weighted by molar-refractivity contribution is 5.86. The van der Waals surface area contributed by atoms with Crippen LogP contribution in [-0.4, -0.2) is 54.9 Å². The predicted octanol–water partition coefficient (Wildman–Crippen LogP) is -0.582. The summed E-state index contributed by atoms with van der Waals surface area (Å²) in [6.45, 7) is 2.07. The first-order chi connectivity index (χ1) is 9.66. The number of likely N-dealkylation sites (N-methyl/N-ethyl adjacent to an activating group) is 1. The molecule has 2 amide bonds. The lowest BCUT2D eigenvalue weighted by Crippen LogP contribution is -2.52. The molecule has 1 fully saturated rings. The van der Waals surface area contributed by atoms with Gasteiger partial charge in [-0.1, -0.05) is 6.07 Å². The molecule has 1 saturated heterocycles. The number of amides is 2. The van der Waals surface area contributed by atoms with Crippen molar-refractivity contribution in [3.63, 3.8) is 0 Å². The zero-order valence-corrected chi connectivity index (χ0v) is 11.6. The summed E-state index contributed by atoms with van der Waals surface area (Å²) in [5, 5.41) is 5.71. The Kier molecular flexibility index (Phi) is 5.06. The van der Waals surface area contributed by atoms with Gasteiger partial charge >= 0.3 is 0 Å². The number of aromatic nitrogens is 1. The molecule has 0 saturated carbocycles. The minimum atomic E-state index is -0.0819. The predicted molar refractivity (Wildman–Crippen MR) is 74.9 cm³/mol. The van der Waals surface area contributed by atoms with Gasteiger partial charge in [0.05, 0.1) is 12.5 Å². The summed E-state index contributed by atoms with van der Waals surface area (Å²) in [5.74, 6) is -0.113. The van der Waals surface area contributed by atoms with Crippen LogP contribution in [0.3, 0.4) is 0 Å². The van der Waals surface area contributed by atoms with Crippen LogP contribution in [-0.2, 0) is 16.0 Å². The summed E-state index contributed by atoms with van der Waals surface area (Å²) in [6.07, 6.45) is 2.45. The Morgan fingerprint density at radius 1 is 1.45 bits per heavy atom. The lowest BCUT2D eigenvalue weighted by molar-refractivity contribution is -0.133. The Labute approximate surface area is 118 Å². The minimum absolute atomic E-state index is 0.0154. The summed E-state index contributed by atoms with van der Waals surface area (Å²) in [7, 11) is 1.74. The van der Waals surface area contributed by atoms with Crippen LogP contribution < -0.4 is 10.6 Å². The van der Waals surface area contributed by atoms with Gasteiger partial charge in [0.2, 0.25) is 11.8 Å². The van der Waals surface area contributed by atoms with Crippen molar-refractivity contribution in [3.8, 4) is 0 Å². The van der Waals surface area contributed by atoms with E-state index < -0.39 is 0 Å². The molecule has 2 heterocycles. The molecule has 6 nitrogen and oxygen atoms in total. The highest BCUT2D eigenvalue weighted by atomic mass is 16.2. The van der Waals surface area contributed by atoms with Crippen molar-refractivity contribution in [2.24, 2.45) is 5.92 Å². The van der Waals surface area contributed by atoms with Crippen LogP contribution in [0.25, 0.3) is 0 Å². The lowest BCUT2D eigenvalue weighted by atomic mass is 10.0. The van der Waals surface area contributed by atoms with Crippen molar-refractivity contribution >= 4 is 11.8 Å². The molecule has 1 aromatic rings. The van der Waals surface area contributed by atoms with Gasteiger partial charge in [-0.05, 0) is 12.1 Å². The molecule has 0 bridgehead atoms. The zero-order chi connectivity index (χ0) is 14.4. The van der Waals surface area contributed by atoms with E-state index in [1.54, 1.807) is 18.1 Å². The zero-order valence-electron chi connectivity index (χ0n) is 11.6. The fourth-order valence-corrected chi connectivity index (χ4v) is 1.87. The number of hydrogen-bond donors (Lipinski definition) is 2. The van der Waals surface area contributed by atoms with E-state index in [0.29, 0.717) is 26.1 Å². The third-order valence-corrected chi connectivity index (χ3v) is 3.42. The van der Waals surface area contributed by atoms with Gasteiger partial charge in [0.15, 0.2) is 0 Å². The van der Waals surface area contributed by atoms with Crippen molar-refractivity contribution < 1.29 is 9.59 Å². The van der Waals surface area contributed by atoms with E-state index in [0.717, 1.165) is 5.69 Å². The topological polar surface area (TPSA) is 74.3 Å². The smallest absolute Gasteiger partial charge is 0.241 e. The largest absolute Gasteiger partial charge is 0.347 e. The second kappa shape index (κ2) is 7.00. The van der Waals surface area contributed by atoms with E-state index in [2.05, 4.69) is 15.6 Å². The fourth-order valence-electron chi connectivity index (χ4n) is 1.87. The molecule has 20 heavy (non-hydrogen) atoms. The van der Waals surface area contributed by atoms with Gasteiger partial charge < -0.3 is 15.5 Å². The molecular formula is C14H20N4O2. The molecule has 0 unspecified atom stereocenters. The molecule has 0 aromatic carbocycles. The van der Waals surface area contributed by atoms with Crippen molar-refractivity contribution in [1.82, 2.24) is 20.5 Å². The molecule has 0 spiro atoms. The second-order valence-corrected chi connectivity index (χ2v) is 4.96. The molecule has 0 atom stereocenters. The molecule has 0 radical (unpaired) electrons. The van der Waals surface area contributed by atoms with Crippen molar-refractivity contribution in [1.29, 1.82) is 0 Å². The maximum Gasteiger partial charge on any atom is 0.241 e. The summed E-state index contributed by atoms with van der Waals surface area (Å²) in [4.78, 5) is 29.3. The molecular weight excluding hydrogens is 256 g/mol. The van der Waals surface area contributed by atoms with E-state index in [9.17, 15) is 9.59 Å². The number of nitrogens with one attached hydrogen (secondary N) is 2. The van der Waals surface area contributed by atoms with Crippen LogP contribution >= 0.6 is 0 Å². The first-order valence-corrected chi connectivity index (χ1v) is 6.79. The van der Waals surface area contributed by atoms with E-state index in [1.807, 2.05) is 18.2 Å². The number of rotatable bonds is 6. The Morgan fingerprint density at radius 3 is 2.85 bits per heavy atom. The average Bonchev–Trinajstić information content (AvgIpc) is 2.41. The van der Waals surface area contributed by atoms with Crippen LogP contribution in [0, 0.1) is 5.92 Å². The van der Waals surface area contributed by atoms with Crippen LogP contribution in [0.15, 0.2) is 24.4 Å². The van der Waals surface area contributed by atoms with Gasteiger partial charge in [0.1, 0.15) is 0 Å². The van der Waals surface area contributed by atoms with E-state index in [-0.39, 0.29) is 24.3 Å². The van der Waals surface area contributed by atoms with E-state index in [4.69, 9.17) is 0 Å². The molecule has 108 valence electrons. The van der Waals surface area contributed by atoms with Crippen LogP contribution in [0.4, 0.5) is 0 Å². The molecule has 2 rings (SSSR count). The molecule has 6 heteroatoms. The summed E-state index contributed by atoms with van der Waals surface area (Å²) in [6, 6.07) is 5.73. The Morgan fingerprint density at radius 2 is 2.25 bits per heavy atom. The van der Waals surface area contributed by atoms with E-state index >= 15 is 0 Å². The Balaban J connectivity index is 1.67. The van der Waals surface area contributed by atoms with Crippen molar-refractivity contribution in [3.05, 3.63) is 30.1 Å². The van der Waals surface area contributed by atoms with Crippen molar-refractivity contribution in [2.45, 2.75) is 6.42 Å². The SMILES string of the molecule is CN(CCc1ccccn1)C(=O)CNC(=O)C1CNC1. The number of pyridine rings is 1. The molecule has 1 aliphatic rings. The second-order valence-electron chi connectivity index (χ2n) is 4.96. The van der Waals surface area contributed by atoms with Crippen LogP contribution in [0.5, 0.6) is 0 Å². The Hall–Kier alpha value is -1.95. The number of hydrogen-bond acceptors (Lipinski definition) is 4. The van der Waals surface area contributed by atoms with Gasteiger partial charge in [-0.3, -0.25) is 14.6 Å². The van der Waals surface area contributed by atoms with Crippen LogP contribution in [0.2, 0.25) is 0 Å². The maximum atomic E-state index is 11.9. The number of carbonyl (C=O) groups excluding carboxylic acids is 2. The third-order valence-electron chi connectivity index (χ3n) is 3.42. The highest BCUT2D eigenvalue weighted by Gasteiger charge is 2.25. The average molecular weight is 276 g/mol. The number of carbonyl (C=O) groups is 2. The maximum absolute atomic E-state index is 11.9. The molecule has 1 aromatic heterocycles. The lowest BCUT2D eigenvalue weighted by Gasteiger charge is -2.26. The van der Waals surface area contributed by atoms with Gasteiger partial charge in [-0.2, -0.15) is 0 Å². The Bertz CT molecular complexity index is 460. The molecule has 1 aliphatic heterocycles. The van der Waals surface area contributed by atoms with Gasteiger partial charge in [-0.25, -0.2) is 0 Å². The monoisotopic (exact) mass is 276 g/mol. The summed E-state index contributed by atoms with van der Waals surface area (Å²) >= 11 is 0. The number of nitrogens with zero attached hydrogens (tertiary/aromatic N) is 2. The fraction of sp³-hybridized carbons (Fsp3) is 0.500. The van der Waals surface area contributed by atoms with Gasteiger partial charge in [0, 0.05) is 45.0 Å². The molecule has 2 N–H and O–H groups in total. The first-order valence-electron chi connectivity index (χ1n) is 6.79. The van der Waals surface area contributed by atoms with E-state index in [1.165, 1.54) is 0 Å². The van der Waals surface area contributed by atoms with Gasteiger partial charge in [-0.15, -0.1) is 0 Å². The van der Waals surface area contributed by atoms with Crippen LogP contribution in [0.1, 0.15) is 5.69 Å². The standard InChI is InChI=1S/C14H20N4O2/c1-18(7-5-12-4-2-3-6-16-12)13(19)10-17-14(20)11-8-15-9-11/h2-4,6,11,15H,5,7-10H2,1H3,(H,17,20). The normalized spacial score (nSPS) is 14.4. The summed E-state index contributed by atoms with van der Waals surface area (Å²) < 4.78 is 0. The minimum Gasteiger partial charge on any atom is -0.347 e. The van der Waals surface area contributed by atoms with Gasteiger partial charge in [0.25, 0.3) is 0 Å². The highest BCUT2D eigenvalue weighted by Crippen LogP contribution is 2.02. The quantitative estimate of drug-likeness (QED) is 0.729. The third kappa shape index (κ3) is 4.03. The van der Waals surface area contributed by atoms with Crippen molar-refractivity contribution in [2.75, 3.05) is 33.2 Å². The first kappa shape index (κ1) is 14.5.